The third-order valence-corrected chi connectivity index (χ3v) is 3.43. The Labute approximate surface area is 86.8 Å². The first-order chi connectivity index (χ1) is 6.41. The Morgan fingerprint density at radius 3 is 2.29 bits per heavy atom. The lowest BCUT2D eigenvalue weighted by Gasteiger charge is -2.17. The van der Waals surface area contributed by atoms with Crippen molar-refractivity contribution in [3.05, 3.63) is 0 Å². The van der Waals surface area contributed by atoms with Crippen LogP contribution in [0, 0.1) is 5.92 Å². The van der Waals surface area contributed by atoms with Gasteiger partial charge < -0.3 is 5.11 Å². The Morgan fingerprint density at radius 1 is 1.36 bits per heavy atom. The number of aliphatic hydroxyl groups excluding tert-OH is 1. The summed E-state index contributed by atoms with van der Waals surface area (Å²) in [5.41, 5.74) is 0. The molecule has 4 nitrogen and oxygen atoms in total. The minimum atomic E-state index is -3.20. The summed E-state index contributed by atoms with van der Waals surface area (Å²) in [5.74, 6) is 0.498. The van der Waals surface area contributed by atoms with Crippen molar-refractivity contribution < 1.29 is 13.5 Å². The maximum Gasteiger partial charge on any atom is 0.211 e. The van der Waals surface area contributed by atoms with Gasteiger partial charge in [-0.15, -0.1) is 0 Å². The molecule has 0 aliphatic rings. The predicted octanol–water partition coefficient (Wildman–Crippen LogP) is 0.723. The molecule has 0 saturated heterocycles. The molecule has 5 heteroatoms. The Hall–Kier alpha value is -0.130. The summed E-state index contributed by atoms with van der Waals surface area (Å²) in [7, 11) is -3.20. The van der Waals surface area contributed by atoms with E-state index in [1.807, 2.05) is 20.8 Å². The highest BCUT2D eigenvalue weighted by atomic mass is 32.2. The lowest BCUT2D eigenvalue weighted by molar-refractivity contribution is 0.240. The second-order valence-corrected chi connectivity index (χ2v) is 5.82. The van der Waals surface area contributed by atoms with Gasteiger partial charge in [0.2, 0.25) is 10.0 Å². The van der Waals surface area contributed by atoms with Crippen molar-refractivity contribution in [2.75, 3.05) is 12.4 Å². The number of hydrogen-bond acceptors (Lipinski definition) is 3. The van der Waals surface area contributed by atoms with Gasteiger partial charge >= 0.3 is 0 Å². The summed E-state index contributed by atoms with van der Waals surface area (Å²) in [6, 6.07) is -0.341. The summed E-state index contributed by atoms with van der Waals surface area (Å²) < 4.78 is 25.2. The molecule has 0 saturated carbocycles. The Balaban J connectivity index is 4.17. The number of sulfonamides is 1. The number of rotatable bonds is 7. The van der Waals surface area contributed by atoms with Crippen LogP contribution in [-0.2, 0) is 10.0 Å². The molecule has 0 aromatic rings. The third kappa shape index (κ3) is 6.34. The van der Waals surface area contributed by atoms with E-state index in [9.17, 15) is 8.42 Å². The van der Waals surface area contributed by atoms with Crippen molar-refractivity contribution in [3.8, 4) is 0 Å². The average molecular weight is 223 g/mol. The maximum absolute atomic E-state index is 11.4. The summed E-state index contributed by atoms with van der Waals surface area (Å²) >= 11 is 0. The Morgan fingerprint density at radius 2 is 1.93 bits per heavy atom. The van der Waals surface area contributed by atoms with Gasteiger partial charge in [0, 0.05) is 6.04 Å². The minimum Gasteiger partial charge on any atom is -0.395 e. The summed E-state index contributed by atoms with van der Waals surface area (Å²) in [6.45, 7) is 5.67. The first-order valence-electron chi connectivity index (χ1n) is 5.02. The molecule has 14 heavy (non-hydrogen) atoms. The van der Waals surface area contributed by atoms with Crippen LogP contribution in [0.4, 0.5) is 0 Å². The Kier molecular flexibility index (Phi) is 6.31. The van der Waals surface area contributed by atoms with Crippen molar-refractivity contribution in [2.45, 2.75) is 39.7 Å². The van der Waals surface area contributed by atoms with Gasteiger partial charge in [-0.25, -0.2) is 13.1 Å². The molecule has 1 atom stereocenters. The lowest BCUT2D eigenvalue weighted by Crippen LogP contribution is -2.39. The van der Waals surface area contributed by atoms with Crippen molar-refractivity contribution in [1.29, 1.82) is 0 Å². The standard InChI is InChI=1S/C9H21NO3S/c1-4-5-14(12,13)10-9(7-11)6-8(2)3/h8-11H,4-7H2,1-3H3. The first kappa shape index (κ1) is 13.9. The van der Waals surface area contributed by atoms with Crippen LogP contribution < -0.4 is 4.72 Å². The van der Waals surface area contributed by atoms with E-state index in [4.69, 9.17) is 5.11 Å². The van der Waals surface area contributed by atoms with Crippen LogP contribution in [0.25, 0.3) is 0 Å². The van der Waals surface area contributed by atoms with E-state index in [2.05, 4.69) is 4.72 Å². The number of hydrogen-bond donors (Lipinski definition) is 2. The quantitative estimate of drug-likeness (QED) is 0.668. The normalized spacial score (nSPS) is 14.6. The van der Waals surface area contributed by atoms with E-state index in [1.165, 1.54) is 0 Å². The molecule has 0 aliphatic carbocycles. The molecule has 0 rings (SSSR count). The maximum atomic E-state index is 11.4. The number of aliphatic hydroxyl groups is 1. The van der Waals surface area contributed by atoms with E-state index in [0.717, 1.165) is 0 Å². The topological polar surface area (TPSA) is 66.4 Å². The molecule has 0 aromatic carbocycles. The van der Waals surface area contributed by atoms with E-state index in [-0.39, 0.29) is 18.4 Å². The highest BCUT2D eigenvalue weighted by molar-refractivity contribution is 7.89. The molecule has 86 valence electrons. The summed E-state index contributed by atoms with van der Waals surface area (Å²) in [4.78, 5) is 0. The van der Waals surface area contributed by atoms with Crippen LogP contribution in [0.3, 0.4) is 0 Å². The van der Waals surface area contributed by atoms with Gasteiger partial charge in [0.1, 0.15) is 0 Å². The van der Waals surface area contributed by atoms with Crippen LogP contribution in [-0.4, -0.2) is 31.9 Å². The fourth-order valence-electron chi connectivity index (χ4n) is 1.31. The largest absolute Gasteiger partial charge is 0.395 e. The van der Waals surface area contributed by atoms with E-state index < -0.39 is 10.0 Å². The van der Waals surface area contributed by atoms with Crippen molar-refractivity contribution in [2.24, 2.45) is 5.92 Å². The third-order valence-electron chi connectivity index (χ3n) is 1.80. The minimum absolute atomic E-state index is 0.127. The first-order valence-corrected chi connectivity index (χ1v) is 6.67. The molecule has 0 fully saturated rings. The van der Waals surface area contributed by atoms with Crippen LogP contribution in [0.5, 0.6) is 0 Å². The van der Waals surface area contributed by atoms with Gasteiger partial charge in [0.05, 0.1) is 12.4 Å². The molecular weight excluding hydrogens is 202 g/mol. The fourth-order valence-corrected chi connectivity index (χ4v) is 2.64. The van der Waals surface area contributed by atoms with Crippen LogP contribution in [0.15, 0.2) is 0 Å². The molecule has 0 bridgehead atoms. The van der Waals surface area contributed by atoms with Crippen LogP contribution >= 0.6 is 0 Å². The van der Waals surface area contributed by atoms with Gasteiger partial charge in [-0.2, -0.15) is 0 Å². The van der Waals surface area contributed by atoms with E-state index in [0.29, 0.717) is 18.8 Å². The van der Waals surface area contributed by atoms with E-state index >= 15 is 0 Å². The smallest absolute Gasteiger partial charge is 0.211 e. The second-order valence-electron chi connectivity index (χ2n) is 3.95. The highest BCUT2D eigenvalue weighted by Crippen LogP contribution is 2.05. The lowest BCUT2D eigenvalue weighted by atomic mass is 10.1. The molecule has 0 heterocycles. The molecule has 0 amide bonds. The molecule has 0 aliphatic heterocycles. The molecule has 0 aromatic heterocycles. The molecular formula is C9H21NO3S. The van der Waals surface area contributed by atoms with Crippen molar-refractivity contribution in [1.82, 2.24) is 4.72 Å². The molecule has 2 N–H and O–H groups in total. The molecule has 1 unspecified atom stereocenters. The van der Waals surface area contributed by atoms with Crippen LogP contribution in [0.1, 0.15) is 33.6 Å². The zero-order chi connectivity index (χ0) is 11.2. The fraction of sp³-hybridized carbons (Fsp3) is 1.00. The van der Waals surface area contributed by atoms with Crippen molar-refractivity contribution in [3.63, 3.8) is 0 Å². The van der Waals surface area contributed by atoms with E-state index in [1.54, 1.807) is 0 Å². The number of nitrogens with one attached hydrogen (secondary N) is 1. The van der Waals surface area contributed by atoms with Gasteiger partial charge in [-0.3, -0.25) is 0 Å². The second kappa shape index (κ2) is 6.37. The molecule has 0 radical (unpaired) electrons. The zero-order valence-corrected chi connectivity index (χ0v) is 9.97. The molecule has 0 spiro atoms. The predicted molar refractivity (Wildman–Crippen MR) is 57.5 cm³/mol. The monoisotopic (exact) mass is 223 g/mol. The SMILES string of the molecule is CCCS(=O)(=O)NC(CO)CC(C)C. The van der Waals surface area contributed by atoms with Gasteiger partial charge in [-0.1, -0.05) is 20.8 Å². The van der Waals surface area contributed by atoms with Gasteiger partial charge in [-0.05, 0) is 18.8 Å². The highest BCUT2D eigenvalue weighted by Gasteiger charge is 2.17. The van der Waals surface area contributed by atoms with Crippen LogP contribution in [0.2, 0.25) is 0 Å². The summed E-state index contributed by atoms with van der Waals surface area (Å²) in [6.07, 6.45) is 1.26. The Bertz CT molecular complexity index is 236. The average Bonchev–Trinajstić information content (AvgIpc) is 2.01. The van der Waals surface area contributed by atoms with Gasteiger partial charge in [0.25, 0.3) is 0 Å². The summed E-state index contributed by atoms with van der Waals surface area (Å²) in [5, 5.41) is 8.98. The van der Waals surface area contributed by atoms with Crippen molar-refractivity contribution >= 4 is 10.0 Å². The van der Waals surface area contributed by atoms with Gasteiger partial charge in [0.15, 0.2) is 0 Å². The zero-order valence-electron chi connectivity index (χ0n) is 9.16.